The normalized spacial score (nSPS) is 13.1. The molecule has 0 saturated carbocycles. The number of sulfonamides is 1. The van der Waals surface area contributed by atoms with Crippen molar-refractivity contribution in [2.75, 3.05) is 17.1 Å². The molecule has 0 spiro atoms. The van der Waals surface area contributed by atoms with Gasteiger partial charge in [-0.3, -0.25) is 13.9 Å². The molecule has 0 aliphatic heterocycles. The molecule has 0 aliphatic carbocycles. The van der Waals surface area contributed by atoms with Crippen molar-refractivity contribution in [1.82, 2.24) is 10.2 Å². The Balaban J connectivity index is 2.47. The van der Waals surface area contributed by atoms with Gasteiger partial charge in [-0.15, -0.1) is 0 Å². The molecule has 186 valence electrons. The number of hydrogen-bond acceptors (Lipinski definition) is 4. The van der Waals surface area contributed by atoms with Crippen LogP contribution in [-0.2, 0) is 26.2 Å². The van der Waals surface area contributed by atoms with Crippen LogP contribution in [0.1, 0.15) is 39.2 Å². The van der Waals surface area contributed by atoms with Gasteiger partial charge in [0.1, 0.15) is 12.6 Å². The van der Waals surface area contributed by atoms with Crippen molar-refractivity contribution in [2.24, 2.45) is 0 Å². The van der Waals surface area contributed by atoms with Gasteiger partial charge >= 0.3 is 0 Å². The first-order chi connectivity index (χ1) is 16.0. The lowest BCUT2D eigenvalue weighted by Gasteiger charge is -2.33. The number of amides is 2. The lowest BCUT2D eigenvalue weighted by atomic mass is 10.1. The van der Waals surface area contributed by atoms with Crippen molar-refractivity contribution in [3.63, 3.8) is 0 Å². The van der Waals surface area contributed by atoms with Crippen LogP contribution in [0.3, 0.4) is 0 Å². The Morgan fingerprint density at radius 2 is 1.56 bits per heavy atom. The molecule has 0 aromatic heterocycles. The van der Waals surface area contributed by atoms with E-state index in [1.165, 1.54) is 11.0 Å². The van der Waals surface area contributed by atoms with E-state index in [1.54, 1.807) is 49.4 Å². The molecule has 0 heterocycles. The molecule has 0 fully saturated rings. The second-order valence-corrected chi connectivity index (χ2v) is 10.8. The number of para-hydroxylation sites is 1. The first-order valence-electron chi connectivity index (χ1n) is 11.0. The summed E-state index contributed by atoms with van der Waals surface area (Å²) in [6.07, 6.45) is 2.08. The van der Waals surface area contributed by atoms with Crippen LogP contribution < -0.4 is 9.62 Å². The highest BCUT2D eigenvalue weighted by Gasteiger charge is 2.32. The fourth-order valence-corrected chi connectivity index (χ4v) is 4.76. The quantitative estimate of drug-likeness (QED) is 0.466. The van der Waals surface area contributed by atoms with Crippen LogP contribution in [0.25, 0.3) is 0 Å². The zero-order valence-electron chi connectivity index (χ0n) is 19.8. The summed E-state index contributed by atoms with van der Waals surface area (Å²) in [4.78, 5) is 28.1. The van der Waals surface area contributed by atoms with Crippen molar-refractivity contribution < 1.29 is 18.0 Å². The lowest BCUT2D eigenvalue weighted by molar-refractivity contribution is -0.140. The Hall–Kier alpha value is -2.29. The molecule has 2 rings (SSSR count). The SMILES string of the molecule is CC[C@H](C(=O)N[C@@H](C)CC)N(Cc1ccccc1Cl)C(=O)CN(c1ccccc1Cl)S(C)(=O)=O. The van der Waals surface area contributed by atoms with Gasteiger partial charge in [0, 0.05) is 17.6 Å². The number of benzene rings is 2. The van der Waals surface area contributed by atoms with Crippen LogP contribution in [-0.4, -0.2) is 50.0 Å². The van der Waals surface area contributed by atoms with Crippen LogP contribution in [0, 0.1) is 0 Å². The molecular formula is C24H31Cl2N3O4S. The van der Waals surface area contributed by atoms with Gasteiger partial charge in [0.15, 0.2) is 0 Å². The minimum absolute atomic E-state index is 0.0467. The maximum Gasteiger partial charge on any atom is 0.244 e. The van der Waals surface area contributed by atoms with E-state index in [0.29, 0.717) is 17.0 Å². The monoisotopic (exact) mass is 527 g/mol. The highest BCUT2D eigenvalue weighted by molar-refractivity contribution is 7.92. The van der Waals surface area contributed by atoms with E-state index in [-0.39, 0.29) is 29.2 Å². The van der Waals surface area contributed by atoms with Crippen LogP contribution in [0.15, 0.2) is 48.5 Å². The largest absolute Gasteiger partial charge is 0.352 e. The molecule has 0 unspecified atom stereocenters. The average molecular weight is 529 g/mol. The molecule has 34 heavy (non-hydrogen) atoms. The molecule has 1 N–H and O–H groups in total. The fraction of sp³-hybridized carbons (Fsp3) is 0.417. The number of nitrogens with one attached hydrogen (secondary N) is 1. The maximum absolute atomic E-state index is 13.6. The van der Waals surface area contributed by atoms with Gasteiger partial charge < -0.3 is 10.2 Å². The van der Waals surface area contributed by atoms with E-state index in [0.717, 1.165) is 17.0 Å². The van der Waals surface area contributed by atoms with Gasteiger partial charge in [-0.25, -0.2) is 8.42 Å². The molecular weight excluding hydrogens is 497 g/mol. The first-order valence-corrected chi connectivity index (χ1v) is 13.6. The molecule has 0 bridgehead atoms. The predicted octanol–water partition coefficient (Wildman–Crippen LogP) is 4.48. The Kier molecular flexibility index (Phi) is 10.2. The van der Waals surface area contributed by atoms with E-state index in [1.807, 2.05) is 13.8 Å². The minimum atomic E-state index is -3.85. The van der Waals surface area contributed by atoms with Gasteiger partial charge in [-0.1, -0.05) is 67.4 Å². The highest BCUT2D eigenvalue weighted by atomic mass is 35.5. The number of carbonyl (C=O) groups excluding carboxylic acids is 2. The first kappa shape index (κ1) is 28.0. The Morgan fingerprint density at radius 3 is 2.09 bits per heavy atom. The van der Waals surface area contributed by atoms with E-state index in [4.69, 9.17) is 23.2 Å². The zero-order valence-corrected chi connectivity index (χ0v) is 22.1. The van der Waals surface area contributed by atoms with Crippen LogP contribution in [0.5, 0.6) is 0 Å². The van der Waals surface area contributed by atoms with Crippen molar-refractivity contribution in [3.05, 3.63) is 64.1 Å². The van der Waals surface area contributed by atoms with Crippen LogP contribution in [0.4, 0.5) is 5.69 Å². The smallest absolute Gasteiger partial charge is 0.244 e. The van der Waals surface area contributed by atoms with Crippen LogP contribution >= 0.6 is 23.2 Å². The third kappa shape index (κ3) is 7.35. The maximum atomic E-state index is 13.6. The standard InChI is InChI=1S/C24H31Cl2N3O4S/c1-5-17(3)27-24(31)21(6-2)28(15-18-11-7-8-12-19(18)25)23(30)16-29(34(4,32)33)22-14-10-9-13-20(22)26/h7-14,17,21H,5-6,15-16H2,1-4H3,(H,27,31)/t17-,21+/m0/s1. The van der Waals surface area contributed by atoms with Crippen molar-refractivity contribution in [2.45, 2.75) is 52.2 Å². The molecule has 2 aromatic carbocycles. The number of halogens is 2. The number of carbonyl (C=O) groups is 2. The van der Waals surface area contributed by atoms with Gasteiger partial charge in [-0.05, 0) is 43.5 Å². The second kappa shape index (κ2) is 12.4. The second-order valence-electron chi connectivity index (χ2n) is 8.08. The Bertz CT molecular complexity index is 1110. The van der Waals surface area contributed by atoms with E-state index in [2.05, 4.69) is 5.32 Å². The van der Waals surface area contributed by atoms with E-state index >= 15 is 0 Å². The van der Waals surface area contributed by atoms with Crippen LogP contribution in [0.2, 0.25) is 10.0 Å². The highest BCUT2D eigenvalue weighted by Crippen LogP contribution is 2.28. The predicted molar refractivity (Wildman–Crippen MR) is 138 cm³/mol. The number of rotatable bonds is 11. The van der Waals surface area contributed by atoms with Gasteiger partial charge in [0.25, 0.3) is 0 Å². The third-order valence-corrected chi connectivity index (χ3v) is 7.30. The number of anilines is 1. The summed E-state index contributed by atoms with van der Waals surface area (Å²) in [7, 11) is -3.85. The number of nitrogens with zero attached hydrogens (tertiary/aromatic N) is 2. The van der Waals surface area contributed by atoms with Gasteiger partial charge in [0.2, 0.25) is 21.8 Å². The lowest BCUT2D eigenvalue weighted by Crippen LogP contribution is -2.53. The summed E-state index contributed by atoms with van der Waals surface area (Å²) < 4.78 is 26.2. The topological polar surface area (TPSA) is 86.8 Å². The summed E-state index contributed by atoms with van der Waals surface area (Å²) >= 11 is 12.6. The molecule has 7 nitrogen and oxygen atoms in total. The Labute approximate surface area is 212 Å². The zero-order chi connectivity index (χ0) is 25.5. The molecule has 2 amide bonds. The summed E-state index contributed by atoms with van der Waals surface area (Å²) in [6.45, 7) is 5.17. The fourth-order valence-electron chi connectivity index (χ4n) is 3.42. The van der Waals surface area contributed by atoms with Gasteiger partial charge in [-0.2, -0.15) is 0 Å². The summed E-state index contributed by atoms with van der Waals surface area (Å²) in [5.74, 6) is -0.850. The summed E-state index contributed by atoms with van der Waals surface area (Å²) in [5, 5.41) is 3.56. The van der Waals surface area contributed by atoms with E-state index in [9.17, 15) is 18.0 Å². The third-order valence-electron chi connectivity index (χ3n) is 5.49. The van der Waals surface area contributed by atoms with E-state index < -0.39 is 28.5 Å². The number of hydrogen-bond donors (Lipinski definition) is 1. The average Bonchev–Trinajstić information content (AvgIpc) is 2.78. The van der Waals surface area contributed by atoms with Crippen molar-refractivity contribution in [3.8, 4) is 0 Å². The summed E-state index contributed by atoms with van der Waals surface area (Å²) in [6, 6.07) is 12.5. The summed E-state index contributed by atoms with van der Waals surface area (Å²) in [5.41, 5.74) is 0.839. The molecule has 0 saturated heterocycles. The van der Waals surface area contributed by atoms with Gasteiger partial charge in [0.05, 0.1) is 17.0 Å². The molecule has 0 radical (unpaired) electrons. The molecule has 0 aliphatic rings. The molecule has 2 atom stereocenters. The van der Waals surface area contributed by atoms with Crippen molar-refractivity contribution >= 4 is 50.7 Å². The molecule has 2 aromatic rings. The Morgan fingerprint density at radius 1 is 0.971 bits per heavy atom. The minimum Gasteiger partial charge on any atom is -0.352 e. The molecule has 10 heteroatoms. The van der Waals surface area contributed by atoms with Crippen molar-refractivity contribution in [1.29, 1.82) is 0 Å².